The lowest BCUT2D eigenvalue weighted by Gasteiger charge is -2.22. The smallest absolute Gasteiger partial charge is 0.240 e. The standard InChI is InChI=1S/C18H18Cl2N2O3/c1-12(23)22(16-5-3-4-15(19)18(16)20)11-17(24)21-10-13-6-8-14(25-2)9-7-13/h3-9H,10-11H2,1-2H3,(H,21,24). The van der Waals surface area contributed by atoms with Gasteiger partial charge in [-0.3, -0.25) is 9.59 Å². The molecule has 0 aliphatic heterocycles. The SMILES string of the molecule is COc1ccc(CNC(=O)CN(C(C)=O)c2cccc(Cl)c2Cl)cc1. The zero-order valence-corrected chi connectivity index (χ0v) is 15.4. The van der Waals surface area contributed by atoms with Crippen LogP contribution in [-0.4, -0.2) is 25.5 Å². The van der Waals surface area contributed by atoms with E-state index in [1.54, 1.807) is 25.3 Å². The van der Waals surface area contributed by atoms with Crippen molar-refractivity contribution in [3.05, 3.63) is 58.1 Å². The quantitative estimate of drug-likeness (QED) is 0.831. The third-order valence-corrected chi connectivity index (χ3v) is 4.36. The maximum Gasteiger partial charge on any atom is 0.240 e. The molecule has 0 aromatic heterocycles. The van der Waals surface area contributed by atoms with Gasteiger partial charge in [-0.05, 0) is 29.8 Å². The minimum absolute atomic E-state index is 0.147. The Labute approximate surface area is 156 Å². The molecule has 0 fully saturated rings. The van der Waals surface area contributed by atoms with Crippen LogP contribution in [0.3, 0.4) is 0 Å². The first-order valence-corrected chi connectivity index (χ1v) is 8.29. The molecule has 2 amide bonds. The Morgan fingerprint density at radius 2 is 1.80 bits per heavy atom. The Morgan fingerprint density at radius 1 is 1.12 bits per heavy atom. The van der Waals surface area contributed by atoms with Crippen LogP contribution in [0, 0.1) is 0 Å². The molecule has 5 nitrogen and oxygen atoms in total. The number of halogens is 2. The molecule has 0 spiro atoms. The van der Waals surface area contributed by atoms with E-state index in [-0.39, 0.29) is 23.4 Å². The number of benzene rings is 2. The van der Waals surface area contributed by atoms with Crippen molar-refractivity contribution in [1.29, 1.82) is 0 Å². The lowest BCUT2D eigenvalue weighted by molar-refractivity contribution is -0.123. The van der Waals surface area contributed by atoms with Gasteiger partial charge in [-0.1, -0.05) is 41.4 Å². The molecule has 7 heteroatoms. The number of carbonyl (C=O) groups is 2. The second-order valence-corrected chi connectivity index (χ2v) is 6.09. The van der Waals surface area contributed by atoms with Gasteiger partial charge in [-0.25, -0.2) is 0 Å². The summed E-state index contributed by atoms with van der Waals surface area (Å²) in [5.74, 6) is 0.138. The van der Waals surface area contributed by atoms with Crippen LogP contribution in [0.25, 0.3) is 0 Å². The number of carbonyl (C=O) groups excluding carboxylic acids is 2. The molecular formula is C18H18Cl2N2O3. The third-order valence-electron chi connectivity index (χ3n) is 3.55. The van der Waals surface area contributed by atoms with Gasteiger partial charge in [-0.15, -0.1) is 0 Å². The first-order chi connectivity index (χ1) is 11.9. The fourth-order valence-corrected chi connectivity index (χ4v) is 2.61. The van der Waals surface area contributed by atoms with E-state index in [4.69, 9.17) is 27.9 Å². The summed E-state index contributed by atoms with van der Waals surface area (Å²) < 4.78 is 5.09. The zero-order valence-electron chi connectivity index (χ0n) is 13.9. The summed E-state index contributed by atoms with van der Waals surface area (Å²) in [4.78, 5) is 25.4. The number of hydrogen-bond donors (Lipinski definition) is 1. The van der Waals surface area contributed by atoms with Crippen LogP contribution < -0.4 is 15.0 Å². The monoisotopic (exact) mass is 380 g/mol. The highest BCUT2D eigenvalue weighted by atomic mass is 35.5. The molecule has 0 saturated carbocycles. The van der Waals surface area contributed by atoms with E-state index in [0.29, 0.717) is 17.3 Å². The maximum atomic E-state index is 12.2. The van der Waals surface area contributed by atoms with E-state index in [0.717, 1.165) is 11.3 Å². The van der Waals surface area contributed by atoms with Crippen LogP contribution in [0.4, 0.5) is 5.69 Å². The van der Waals surface area contributed by atoms with Crippen LogP contribution in [0.15, 0.2) is 42.5 Å². The van der Waals surface area contributed by atoms with Gasteiger partial charge in [0.15, 0.2) is 0 Å². The number of ether oxygens (including phenoxy) is 1. The van der Waals surface area contributed by atoms with Crippen LogP contribution in [0.5, 0.6) is 5.75 Å². The van der Waals surface area contributed by atoms with E-state index in [9.17, 15) is 9.59 Å². The number of nitrogens with one attached hydrogen (secondary N) is 1. The Hall–Kier alpha value is -2.24. The normalized spacial score (nSPS) is 10.2. The Balaban J connectivity index is 2.02. The molecule has 0 aliphatic carbocycles. The van der Waals surface area contributed by atoms with Crippen molar-refractivity contribution in [3.63, 3.8) is 0 Å². The molecule has 2 aromatic rings. The second-order valence-electron chi connectivity index (χ2n) is 5.30. The van der Waals surface area contributed by atoms with Crippen molar-refractivity contribution in [2.45, 2.75) is 13.5 Å². The maximum absolute atomic E-state index is 12.2. The molecule has 0 heterocycles. The summed E-state index contributed by atoms with van der Waals surface area (Å²) in [5.41, 5.74) is 1.32. The molecule has 132 valence electrons. The number of hydrogen-bond acceptors (Lipinski definition) is 3. The van der Waals surface area contributed by atoms with Gasteiger partial charge in [0.25, 0.3) is 0 Å². The zero-order chi connectivity index (χ0) is 18.4. The highest BCUT2D eigenvalue weighted by molar-refractivity contribution is 6.44. The molecule has 0 unspecified atom stereocenters. The number of nitrogens with zero attached hydrogens (tertiary/aromatic N) is 1. The fourth-order valence-electron chi connectivity index (χ4n) is 2.21. The van der Waals surface area contributed by atoms with E-state index < -0.39 is 0 Å². The van der Waals surface area contributed by atoms with Crippen molar-refractivity contribution in [2.24, 2.45) is 0 Å². The van der Waals surface area contributed by atoms with Crippen LogP contribution in [-0.2, 0) is 16.1 Å². The topological polar surface area (TPSA) is 58.6 Å². The number of amides is 2. The van der Waals surface area contributed by atoms with Gasteiger partial charge in [0.2, 0.25) is 11.8 Å². The average molecular weight is 381 g/mol. The van der Waals surface area contributed by atoms with Crippen molar-refractivity contribution in [2.75, 3.05) is 18.6 Å². The molecule has 2 rings (SSSR count). The molecule has 25 heavy (non-hydrogen) atoms. The predicted octanol–water partition coefficient (Wildman–Crippen LogP) is 3.67. The van der Waals surface area contributed by atoms with Gasteiger partial charge in [-0.2, -0.15) is 0 Å². The molecule has 0 aliphatic rings. The van der Waals surface area contributed by atoms with Gasteiger partial charge >= 0.3 is 0 Å². The lowest BCUT2D eigenvalue weighted by atomic mass is 10.2. The highest BCUT2D eigenvalue weighted by Crippen LogP contribution is 2.32. The molecule has 0 bridgehead atoms. The van der Waals surface area contributed by atoms with Gasteiger partial charge in [0.1, 0.15) is 12.3 Å². The molecule has 1 N–H and O–H groups in total. The highest BCUT2D eigenvalue weighted by Gasteiger charge is 2.19. The van der Waals surface area contributed by atoms with Crippen molar-refractivity contribution in [3.8, 4) is 5.75 Å². The minimum atomic E-state index is -0.304. The average Bonchev–Trinajstić information content (AvgIpc) is 2.61. The second kappa shape index (κ2) is 8.74. The predicted molar refractivity (Wildman–Crippen MR) is 99.3 cm³/mol. The Morgan fingerprint density at radius 3 is 2.40 bits per heavy atom. The first-order valence-electron chi connectivity index (χ1n) is 7.54. The van der Waals surface area contributed by atoms with E-state index >= 15 is 0 Å². The van der Waals surface area contributed by atoms with Crippen molar-refractivity contribution in [1.82, 2.24) is 5.32 Å². The van der Waals surface area contributed by atoms with E-state index in [1.165, 1.54) is 11.8 Å². The van der Waals surface area contributed by atoms with Gasteiger partial charge in [0.05, 0.1) is 22.8 Å². The Bertz CT molecular complexity index is 763. The van der Waals surface area contributed by atoms with E-state index in [2.05, 4.69) is 5.32 Å². The van der Waals surface area contributed by atoms with Crippen LogP contribution in [0.1, 0.15) is 12.5 Å². The molecular weight excluding hydrogens is 363 g/mol. The van der Waals surface area contributed by atoms with Crippen molar-refractivity contribution < 1.29 is 14.3 Å². The summed E-state index contributed by atoms with van der Waals surface area (Å²) in [7, 11) is 1.59. The molecule has 0 radical (unpaired) electrons. The number of anilines is 1. The summed E-state index contributed by atoms with van der Waals surface area (Å²) in [6, 6.07) is 12.3. The largest absolute Gasteiger partial charge is 0.497 e. The summed E-state index contributed by atoms with van der Waals surface area (Å²) in [6.07, 6.45) is 0. The minimum Gasteiger partial charge on any atom is -0.497 e. The number of rotatable bonds is 6. The fraction of sp³-hybridized carbons (Fsp3) is 0.222. The lowest BCUT2D eigenvalue weighted by Crippen LogP contribution is -2.39. The van der Waals surface area contributed by atoms with Crippen LogP contribution in [0.2, 0.25) is 10.0 Å². The first kappa shape index (κ1) is 19.1. The molecule has 2 aromatic carbocycles. The van der Waals surface area contributed by atoms with Crippen LogP contribution >= 0.6 is 23.2 Å². The Kier molecular flexibility index (Phi) is 6.67. The summed E-state index contributed by atoms with van der Waals surface area (Å²) in [5, 5.41) is 3.34. The van der Waals surface area contributed by atoms with Crippen molar-refractivity contribution >= 4 is 40.7 Å². The van der Waals surface area contributed by atoms with Gasteiger partial charge < -0.3 is 15.0 Å². The number of methoxy groups -OCH3 is 1. The molecule has 0 atom stereocenters. The van der Waals surface area contributed by atoms with E-state index in [1.807, 2.05) is 24.3 Å². The van der Waals surface area contributed by atoms with Gasteiger partial charge in [0, 0.05) is 13.5 Å². The third kappa shape index (κ3) is 5.11. The summed E-state index contributed by atoms with van der Waals surface area (Å²) in [6.45, 7) is 1.57. The summed E-state index contributed by atoms with van der Waals surface area (Å²) >= 11 is 12.1. The molecule has 0 saturated heterocycles.